The molecule has 0 atom stereocenters. The number of methoxy groups -OCH3 is 1. The number of esters is 1. The highest BCUT2D eigenvalue weighted by Gasteiger charge is 2.06. The summed E-state index contributed by atoms with van der Waals surface area (Å²) in [6.07, 6.45) is 0. The first-order valence-corrected chi connectivity index (χ1v) is 3.70. The molecule has 74 valence electrons. The van der Waals surface area contributed by atoms with Crippen LogP contribution in [0.2, 0.25) is 0 Å². The normalized spacial score (nSPS) is 11.6. The van der Waals surface area contributed by atoms with Gasteiger partial charge in [-0.15, -0.1) is 0 Å². The fraction of sp³-hybridized carbons (Fsp3) is 0.500. The number of nitrogens with one attached hydrogen (secondary N) is 1. The largest absolute Gasteiger partial charge is 0.478 e. The molecular formula is C8H13NO4. The molecule has 0 radical (unpaired) electrons. The van der Waals surface area contributed by atoms with Crippen LogP contribution in [0.15, 0.2) is 11.3 Å². The van der Waals surface area contributed by atoms with Gasteiger partial charge in [-0.1, -0.05) is 0 Å². The van der Waals surface area contributed by atoms with Gasteiger partial charge in [0.25, 0.3) is 0 Å². The Bertz CT molecular complexity index is 245. The van der Waals surface area contributed by atoms with Crippen molar-refractivity contribution in [3.8, 4) is 0 Å². The number of aliphatic carboxylic acids is 1. The van der Waals surface area contributed by atoms with E-state index in [2.05, 4.69) is 10.1 Å². The summed E-state index contributed by atoms with van der Waals surface area (Å²) < 4.78 is 4.37. The lowest BCUT2D eigenvalue weighted by Crippen LogP contribution is -2.24. The number of carboxylic acids is 1. The molecule has 0 bridgehead atoms. The lowest BCUT2D eigenvalue weighted by Gasteiger charge is -2.06. The van der Waals surface area contributed by atoms with Crippen LogP contribution in [-0.2, 0) is 14.3 Å². The van der Waals surface area contributed by atoms with E-state index in [4.69, 9.17) is 5.11 Å². The molecule has 0 heterocycles. The molecule has 0 rings (SSSR count). The highest BCUT2D eigenvalue weighted by molar-refractivity contribution is 5.86. The molecule has 0 aliphatic rings. The SMILES string of the molecule is COC(=O)CNC(C)=C(C)C(=O)O. The first kappa shape index (κ1) is 11.5. The van der Waals surface area contributed by atoms with Crippen LogP contribution in [0.1, 0.15) is 13.8 Å². The Balaban J connectivity index is 4.14. The summed E-state index contributed by atoms with van der Waals surface area (Å²) in [6.45, 7) is 3.03. The standard InChI is InChI=1S/C8H13NO4/c1-5(8(11)12)6(2)9-4-7(10)13-3/h9H,4H2,1-3H3,(H,11,12). The summed E-state index contributed by atoms with van der Waals surface area (Å²) in [5.41, 5.74) is 0.641. The first-order chi connectivity index (χ1) is 5.99. The topological polar surface area (TPSA) is 75.6 Å². The molecule has 2 N–H and O–H groups in total. The Morgan fingerprint density at radius 1 is 1.38 bits per heavy atom. The van der Waals surface area contributed by atoms with E-state index < -0.39 is 11.9 Å². The van der Waals surface area contributed by atoms with Crippen molar-refractivity contribution in [2.24, 2.45) is 0 Å². The van der Waals surface area contributed by atoms with Gasteiger partial charge in [-0.05, 0) is 13.8 Å². The van der Waals surface area contributed by atoms with Crippen LogP contribution in [0.4, 0.5) is 0 Å². The minimum atomic E-state index is -1.00. The Hall–Kier alpha value is -1.52. The van der Waals surface area contributed by atoms with Gasteiger partial charge in [0.2, 0.25) is 0 Å². The Kier molecular flexibility index (Phi) is 4.58. The number of carbonyl (C=O) groups excluding carboxylic acids is 1. The summed E-state index contributed by atoms with van der Waals surface area (Å²) in [6, 6.07) is 0. The molecule has 0 aromatic heterocycles. The number of rotatable bonds is 4. The monoisotopic (exact) mass is 187 g/mol. The van der Waals surface area contributed by atoms with Gasteiger partial charge >= 0.3 is 11.9 Å². The van der Waals surface area contributed by atoms with Crippen molar-refractivity contribution in [3.05, 3.63) is 11.3 Å². The molecule has 0 aromatic rings. The van der Waals surface area contributed by atoms with Crippen LogP contribution in [0.25, 0.3) is 0 Å². The van der Waals surface area contributed by atoms with Gasteiger partial charge in [-0.25, -0.2) is 4.79 Å². The van der Waals surface area contributed by atoms with Crippen LogP contribution in [-0.4, -0.2) is 30.7 Å². The molecule has 0 aromatic carbocycles. The zero-order chi connectivity index (χ0) is 10.4. The molecule has 0 aliphatic carbocycles. The molecule has 0 aliphatic heterocycles. The fourth-order valence-corrected chi connectivity index (χ4v) is 0.570. The predicted molar refractivity (Wildman–Crippen MR) is 46.0 cm³/mol. The van der Waals surface area contributed by atoms with Gasteiger partial charge in [0, 0.05) is 5.70 Å². The lowest BCUT2D eigenvalue weighted by atomic mass is 10.2. The summed E-state index contributed by atoms with van der Waals surface area (Å²) >= 11 is 0. The van der Waals surface area contributed by atoms with E-state index >= 15 is 0 Å². The second-order valence-electron chi connectivity index (χ2n) is 2.48. The van der Waals surface area contributed by atoms with Crippen molar-refractivity contribution in [2.45, 2.75) is 13.8 Å². The molecule has 5 nitrogen and oxygen atoms in total. The molecule has 0 amide bonds. The maximum absolute atomic E-state index is 10.7. The third-order valence-electron chi connectivity index (χ3n) is 1.61. The highest BCUT2D eigenvalue weighted by Crippen LogP contribution is 1.98. The van der Waals surface area contributed by atoms with Crippen molar-refractivity contribution < 1.29 is 19.4 Å². The zero-order valence-electron chi connectivity index (χ0n) is 7.88. The summed E-state index contributed by atoms with van der Waals surface area (Å²) in [5.74, 6) is -1.44. The number of ether oxygens (including phenoxy) is 1. The third-order valence-corrected chi connectivity index (χ3v) is 1.61. The van der Waals surface area contributed by atoms with Crippen LogP contribution in [0, 0.1) is 0 Å². The maximum Gasteiger partial charge on any atom is 0.333 e. The number of allylic oxidation sites excluding steroid dienone is 1. The van der Waals surface area contributed by atoms with Crippen molar-refractivity contribution >= 4 is 11.9 Å². The van der Waals surface area contributed by atoms with E-state index in [9.17, 15) is 9.59 Å². The second kappa shape index (κ2) is 5.18. The smallest absolute Gasteiger partial charge is 0.333 e. The van der Waals surface area contributed by atoms with E-state index in [-0.39, 0.29) is 12.1 Å². The predicted octanol–water partition coefficient (Wildman–Crippen LogP) is 0.127. The average Bonchev–Trinajstić information content (AvgIpc) is 2.11. The van der Waals surface area contributed by atoms with Crippen LogP contribution in [0.5, 0.6) is 0 Å². The van der Waals surface area contributed by atoms with Gasteiger partial charge in [-0.2, -0.15) is 0 Å². The summed E-state index contributed by atoms with van der Waals surface area (Å²) in [5, 5.41) is 11.2. The van der Waals surface area contributed by atoms with Crippen LogP contribution >= 0.6 is 0 Å². The second-order valence-corrected chi connectivity index (χ2v) is 2.48. The van der Waals surface area contributed by atoms with Gasteiger partial charge in [0.1, 0.15) is 6.54 Å². The number of carboxylic acid groups (broad SMARTS) is 1. The van der Waals surface area contributed by atoms with Crippen molar-refractivity contribution in [2.75, 3.05) is 13.7 Å². The van der Waals surface area contributed by atoms with Gasteiger partial charge in [0.15, 0.2) is 0 Å². The van der Waals surface area contributed by atoms with E-state index in [0.29, 0.717) is 5.70 Å². The molecule has 0 unspecified atom stereocenters. The zero-order valence-corrected chi connectivity index (χ0v) is 7.88. The van der Waals surface area contributed by atoms with Crippen LogP contribution < -0.4 is 5.32 Å². The van der Waals surface area contributed by atoms with E-state index in [1.165, 1.54) is 14.0 Å². The number of carbonyl (C=O) groups is 2. The van der Waals surface area contributed by atoms with Gasteiger partial charge in [0.05, 0.1) is 12.7 Å². The molecule has 0 spiro atoms. The first-order valence-electron chi connectivity index (χ1n) is 3.70. The third kappa shape index (κ3) is 4.15. The fourth-order valence-electron chi connectivity index (χ4n) is 0.570. The lowest BCUT2D eigenvalue weighted by molar-refractivity contribution is -0.139. The van der Waals surface area contributed by atoms with Crippen LogP contribution in [0.3, 0.4) is 0 Å². The Morgan fingerprint density at radius 3 is 2.31 bits per heavy atom. The molecule has 5 heteroatoms. The minimum absolute atomic E-state index is 0.0209. The Labute approximate surface area is 76.4 Å². The van der Waals surface area contributed by atoms with Crippen molar-refractivity contribution in [1.29, 1.82) is 0 Å². The highest BCUT2D eigenvalue weighted by atomic mass is 16.5. The van der Waals surface area contributed by atoms with E-state index in [0.717, 1.165) is 0 Å². The van der Waals surface area contributed by atoms with Gasteiger partial charge < -0.3 is 15.2 Å². The average molecular weight is 187 g/mol. The number of hydrogen-bond acceptors (Lipinski definition) is 4. The summed E-state index contributed by atoms with van der Waals surface area (Å²) in [7, 11) is 1.27. The van der Waals surface area contributed by atoms with Crippen molar-refractivity contribution in [1.82, 2.24) is 5.32 Å². The number of hydrogen-bond donors (Lipinski definition) is 2. The van der Waals surface area contributed by atoms with E-state index in [1.54, 1.807) is 6.92 Å². The molecule has 0 saturated heterocycles. The van der Waals surface area contributed by atoms with E-state index in [1.807, 2.05) is 0 Å². The molecule has 0 saturated carbocycles. The molecule has 13 heavy (non-hydrogen) atoms. The van der Waals surface area contributed by atoms with Crippen molar-refractivity contribution in [3.63, 3.8) is 0 Å². The quantitative estimate of drug-likeness (QED) is 0.483. The molecule has 0 fully saturated rings. The minimum Gasteiger partial charge on any atom is -0.478 e. The maximum atomic E-state index is 10.7. The van der Waals surface area contributed by atoms with Gasteiger partial charge in [-0.3, -0.25) is 4.79 Å². The summed E-state index contributed by atoms with van der Waals surface area (Å²) in [4.78, 5) is 21.1. The molecular weight excluding hydrogens is 174 g/mol. The Morgan fingerprint density at radius 2 is 1.92 bits per heavy atom.